The zero-order chi connectivity index (χ0) is 8.27. The number of H-pyrrole nitrogens is 1. The smallest absolute Gasteiger partial charge is 0.253 e. The van der Waals surface area contributed by atoms with Crippen molar-refractivity contribution in [3.8, 4) is 0 Å². The lowest BCUT2D eigenvalue weighted by atomic mass is 10.2. The highest BCUT2D eigenvalue weighted by Gasteiger charge is 2.00. The summed E-state index contributed by atoms with van der Waals surface area (Å²) in [5.41, 5.74) is 1.42. The Kier molecular flexibility index (Phi) is 2.38. The van der Waals surface area contributed by atoms with Gasteiger partial charge in [0.15, 0.2) is 0 Å². The third kappa shape index (κ3) is 1.65. The van der Waals surface area contributed by atoms with Crippen LogP contribution in [-0.2, 0) is 6.54 Å². The molecule has 60 valence electrons. The zero-order valence-corrected chi connectivity index (χ0v) is 6.64. The van der Waals surface area contributed by atoms with Gasteiger partial charge in [0.1, 0.15) is 0 Å². The summed E-state index contributed by atoms with van der Waals surface area (Å²) in [5, 5.41) is 2.94. The standard InChI is InChI=1S/C7H11N3O/c1-5-6(3-8-2)9-4-10-7(5)11/h4,8H,3H2,1-2H3,(H,9,10,11). The van der Waals surface area contributed by atoms with Gasteiger partial charge in [-0.15, -0.1) is 0 Å². The van der Waals surface area contributed by atoms with Gasteiger partial charge >= 0.3 is 0 Å². The molecule has 0 aromatic carbocycles. The molecule has 0 atom stereocenters. The van der Waals surface area contributed by atoms with Crippen molar-refractivity contribution >= 4 is 0 Å². The lowest BCUT2D eigenvalue weighted by Gasteiger charge is -2.00. The summed E-state index contributed by atoms with van der Waals surface area (Å²) in [4.78, 5) is 17.5. The summed E-state index contributed by atoms with van der Waals surface area (Å²) in [6.07, 6.45) is 1.42. The summed E-state index contributed by atoms with van der Waals surface area (Å²) in [5.74, 6) is 0. The molecule has 0 aliphatic carbocycles. The average molecular weight is 153 g/mol. The Morgan fingerprint density at radius 2 is 2.45 bits per heavy atom. The van der Waals surface area contributed by atoms with Gasteiger partial charge in [0.05, 0.1) is 12.0 Å². The van der Waals surface area contributed by atoms with Crippen LogP contribution in [0.2, 0.25) is 0 Å². The number of nitrogens with zero attached hydrogens (tertiary/aromatic N) is 1. The fourth-order valence-electron chi connectivity index (χ4n) is 0.851. The molecule has 4 heteroatoms. The molecule has 2 N–H and O–H groups in total. The second kappa shape index (κ2) is 3.30. The monoisotopic (exact) mass is 153 g/mol. The van der Waals surface area contributed by atoms with Crippen LogP contribution in [0.3, 0.4) is 0 Å². The van der Waals surface area contributed by atoms with Crippen molar-refractivity contribution in [2.24, 2.45) is 0 Å². The fraction of sp³-hybridized carbons (Fsp3) is 0.429. The largest absolute Gasteiger partial charge is 0.314 e. The topological polar surface area (TPSA) is 57.8 Å². The third-order valence-corrected chi connectivity index (χ3v) is 1.53. The minimum absolute atomic E-state index is 0.0646. The molecule has 0 radical (unpaired) electrons. The molecular formula is C7H11N3O. The highest BCUT2D eigenvalue weighted by molar-refractivity contribution is 5.13. The number of hydrogen-bond acceptors (Lipinski definition) is 3. The maximum absolute atomic E-state index is 11.0. The quantitative estimate of drug-likeness (QED) is 0.618. The zero-order valence-electron chi connectivity index (χ0n) is 6.64. The van der Waals surface area contributed by atoms with E-state index in [1.807, 2.05) is 7.05 Å². The second-order valence-electron chi connectivity index (χ2n) is 2.33. The maximum Gasteiger partial charge on any atom is 0.253 e. The highest BCUT2D eigenvalue weighted by atomic mass is 16.1. The predicted octanol–water partition coefficient (Wildman–Crippen LogP) is -0.202. The summed E-state index contributed by atoms with van der Waals surface area (Å²) in [6, 6.07) is 0. The Labute approximate surface area is 64.7 Å². The first-order valence-electron chi connectivity index (χ1n) is 3.43. The Morgan fingerprint density at radius 3 is 3.09 bits per heavy atom. The third-order valence-electron chi connectivity index (χ3n) is 1.53. The first kappa shape index (κ1) is 7.94. The van der Waals surface area contributed by atoms with E-state index in [9.17, 15) is 4.79 Å². The molecule has 0 aliphatic heterocycles. The molecular weight excluding hydrogens is 142 g/mol. The number of aromatic nitrogens is 2. The van der Waals surface area contributed by atoms with E-state index in [1.165, 1.54) is 6.33 Å². The van der Waals surface area contributed by atoms with E-state index in [4.69, 9.17) is 0 Å². The van der Waals surface area contributed by atoms with E-state index in [0.717, 1.165) is 5.69 Å². The van der Waals surface area contributed by atoms with Gasteiger partial charge in [-0.2, -0.15) is 0 Å². The van der Waals surface area contributed by atoms with E-state index in [1.54, 1.807) is 6.92 Å². The van der Waals surface area contributed by atoms with Gasteiger partial charge in [0, 0.05) is 12.1 Å². The van der Waals surface area contributed by atoms with Gasteiger partial charge in [0.25, 0.3) is 5.56 Å². The average Bonchev–Trinajstić information content (AvgIpc) is 1.99. The van der Waals surface area contributed by atoms with Crippen LogP contribution in [0, 0.1) is 6.92 Å². The lowest BCUT2D eigenvalue weighted by Crippen LogP contribution is -2.17. The first-order chi connectivity index (χ1) is 5.25. The summed E-state index contributed by atoms with van der Waals surface area (Å²) in [6.45, 7) is 2.40. The van der Waals surface area contributed by atoms with Gasteiger partial charge in [-0.25, -0.2) is 4.98 Å². The molecule has 4 nitrogen and oxygen atoms in total. The van der Waals surface area contributed by atoms with Gasteiger partial charge in [-0.1, -0.05) is 0 Å². The Bertz CT molecular complexity index is 292. The summed E-state index contributed by atoms with van der Waals surface area (Å²) < 4.78 is 0. The van der Waals surface area contributed by atoms with E-state index >= 15 is 0 Å². The van der Waals surface area contributed by atoms with Gasteiger partial charge in [-0.3, -0.25) is 4.79 Å². The first-order valence-corrected chi connectivity index (χ1v) is 3.43. The Balaban J connectivity index is 3.06. The molecule has 1 heterocycles. The number of rotatable bonds is 2. The molecule has 0 spiro atoms. The van der Waals surface area contributed by atoms with Crippen LogP contribution in [0.5, 0.6) is 0 Å². The molecule has 1 rings (SSSR count). The van der Waals surface area contributed by atoms with Crippen molar-refractivity contribution < 1.29 is 0 Å². The second-order valence-corrected chi connectivity index (χ2v) is 2.33. The molecule has 0 unspecified atom stereocenters. The van der Waals surface area contributed by atoms with E-state index in [2.05, 4.69) is 15.3 Å². The molecule has 0 saturated heterocycles. The van der Waals surface area contributed by atoms with Gasteiger partial charge in [-0.05, 0) is 14.0 Å². The minimum Gasteiger partial charge on any atom is -0.314 e. The number of nitrogens with one attached hydrogen (secondary N) is 2. The molecule has 0 fully saturated rings. The van der Waals surface area contributed by atoms with Crippen molar-refractivity contribution in [2.45, 2.75) is 13.5 Å². The molecule has 1 aromatic rings. The molecule has 0 amide bonds. The Hall–Kier alpha value is -1.16. The van der Waals surface area contributed by atoms with Crippen molar-refractivity contribution in [3.63, 3.8) is 0 Å². The van der Waals surface area contributed by atoms with Gasteiger partial charge < -0.3 is 10.3 Å². The molecule has 0 bridgehead atoms. The normalized spacial score (nSPS) is 10.0. The maximum atomic E-state index is 11.0. The van der Waals surface area contributed by atoms with Crippen LogP contribution >= 0.6 is 0 Å². The highest BCUT2D eigenvalue weighted by Crippen LogP contribution is 1.94. The fourth-order valence-corrected chi connectivity index (χ4v) is 0.851. The van der Waals surface area contributed by atoms with E-state index in [-0.39, 0.29) is 5.56 Å². The predicted molar refractivity (Wildman–Crippen MR) is 42.4 cm³/mol. The number of hydrogen-bond donors (Lipinski definition) is 2. The summed E-state index contributed by atoms with van der Waals surface area (Å²) >= 11 is 0. The van der Waals surface area contributed by atoms with Crippen LogP contribution in [0.15, 0.2) is 11.1 Å². The van der Waals surface area contributed by atoms with Crippen molar-refractivity contribution in [3.05, 3.63) is 27.9 Å². The SMILES string of the molecule is CNCc1nc[nH]c(=O)c1C. The van der Waals surface area contributed by atoms with Crippen LogP contribution in [0.1, 0.15) is 11.3 Å². The minimum atomic E-state index is -0.0646. The molecule has 1 aromatic heterocycles. The van der Waals surface area contributed by atoms with E-state index in [0.29, 0.717) is 12.1 Å². The van der Waals surface area contributed by atoms with Crippen molar-refractivity contribution in [2.75, 3.05) is 7.05 Å². The van der Waals surface area contributed by atoms with Crippen LogP contribution in [-0.4, -0.2) is 17.0 Å². The summed E-state index contributed by atoms with van der Waals surface area (Å²) in [7, 11) is 1.82. The van der Waals surface area contributed by atoms with E-state index < -0.39 is 0 Å². The van der Waals surface area contributed by atoms with Crippen LogP contribution in [0.4, 0.5) is 0 Å². The molecule has 0 aliphatic rings. The van der Waals surface area contributed by atoms with Gasteiger partial charge in [0.2, 0.25) is 0 Å². The van der Waals surface area contributed by atoms with Crippen molar-refractivity contribution in [1.29, 1.82) is 0 Å². The lowest BCUT2D eigenvalue weighted by molar-refractivity contribution is 0.773. The van der Waals surface area contributed by atoms with Crippen molar-refractivity contribution in [1.82, 2.24) is 15.3 Å². The molecule has 11 heavy (non-hydrogen) atoms. The number of aromatic amines is 1. The Morgan fingerprint density at radius 1 is 1.73 bits per heavy atom. The van der Waals surface area contributed by atoms with Crippen LogP contribution < -0.4 is 10.9 Å². The molecule has 0 saturated carbocycles. The van der Waals surface area contributed by atoms with Crippen LogP contribution in [0.25, 0.3) is 0 Å².